The molecule has 104 valence electrons. The summed E-state index contributed by atoms with van der Waals surface area (Å²) in [5.74, 6) is -0.435. The third kappa shape index (κ3) is 5.56. The first kappa shape index (κ1) is 15.2. The summed E-state index contributed by atoms with van der Waals surface area (Å²) in [7, 11) is 0. The van der Waals surface area contributed by atoms with Crippen LogP contribution in [0.25, 0.3) is 0 Å². The number of aromatic nitrogens is 2. The van der Waals surface area contributed by atoms with Crippen LogP contribution in [0.1, 0.15) is 29.2 Å². The van der Waals surface area contributed by atoms with Gasteiger partial charge in [-0.15, -0.1) is 0 Å². The third-order valence-corrected chi connectivity index (χ3v) is 2.72. The fourth-order valence-electron chi connectivity index (χ4n) is 1.36. The monoisotopic (exact) mass is 285 g/mol. The Morgan fingerprint density at radius 3 is 2.89 bits per heavy atom. The van der Waals surface area contributed by atoms with Gasteiger partial charge in [-0.25, -0.2) is 4.98 Å². The number of carbonyl (C=O) groups is 2. The Balaban J connectivity index is 2.61. The molecule has 7 nitrogen and oxygen atoms in total. The molecule has 1 heterocycles. The number of H-pyrrole nitrogens is 1. The summed E-state index contributed by atoms with van der Waals surface area (Å²) in [6.07, 6.45) is 2.18. The molecule has 1 aromatic rings. The fourth-order valence-corrected chi connectivity index (χ4v) is 1.77. The quantitative estimate of drug-likeness (QED) is 0.618. The lowest BCUT2D eigenvalue weighted by molar-refractivity contribution is -0.137. The first-order valence-corrected chi connectivity index (χ1v) is 7.01. The molecule has 1 aromatic heterocycles. The van der Waals surface area contributed by atoms with Crippen molar-refractivity contribution in [1.29, 1.82) is 0 Å². The van der Waals surface area contributed by atoms with Crippen LogP contribution in [0.15, 0.2) is 10.9 Å². The Kier molecular flexibility index (Phi) is 6.07. The van der Waals surface area contributed by atoms with Crippen LogP contribution < -0.4 is 10.9 Å². The molecular formula is C11H15N3O4S. The smallest absolute Gasteiger partial charge is 0.303 e. The zero-order chi connectivity index (χ0) is 14.3. The molecule has 0 aromatic carbocycles. The van der Waals surface area contributed by atoms with Crippen molar-refractivity contribution in [2.45, 2.75) is 18.6 Å². The molecule has 0 bridgehead atoms. The van der Waals surface area contributed by atoms with Gasteiger partial charge in [-0.1, -0.05) is 0 Å². The number of nitrogens with zero attached hydrogens (tertiary/aromatic N) is 1. The molecule has 3 N–H and O–H groups in total. The average molecular weight is 285 g/mol. The Morgan fingerprint density at radius 1 is 1.53 bits per heavy atom. The van der Waals surface area contributed by atoms with Crippen molar-refractivity contribution in [2.75, 3.05) is 12.8 Å². The van der Waals surface area contributed by atoms with Gasteiger partial charge < -0.3 is 15.4 Å². The summed E-state index contributed by atoms with van der Waals surface area (Å²) in [5, 5.41) is 11.0. The van der Waals surface area contributed by atoms with E-state index < -0.39 is 11.9 Å². The molecule has 0 atom stereocenters. The van der Waals surface area contributed by atoms with Crippen molar-refractivity contribution < 1.29 is 14.7 Å². The van der Waals surface area contributed by atoms with Gasteiger partial charge in [-0.05, 0) is 12.7 Å². The lowest BCUT2D eigenvalue weighted by Gasteiger charge is -2.04. The van der Waals surface area contributed by atoms with Gasteiger partial charge in [-0.2, -0.15) is 11.8 Å². The van der Waals surface area contributed by atoms with E-state index in [9.17, 15) is 14.4 Å². The number of nitrogens with one attached hydrogen (secondary N) is 2. The second-order valence-corrected chi connectivity index (χ2v) is 4.63. The highest BCUT2D eigenvalue weighted by molar-refractivity contribution is 7.97. The van der Waals surface area contributed by atoms with Crippen molar-refractivity contribution in [2.24, 2.45) is 0 Å². The molecule has 0 aliphatic carbocycles. The summed E-state index contributed by atoms with van der Waals surface area (Å²) in [6.45, 7) is 0.234. The maximum Gasteiger partial charge on any atom is 0.303 e. The maximum atomic E-state index is 11.7. The van der Waals surface area contributed by atoms with E-state index in [0.29, 0.717) is 18.0 Å². The van der Waals surface area contributed by atoms with Crippen molar-refractivity contribution in [3.05, 3.63) is 27.9 Å². The van der Waals surface area contributed by atoms with Crippen molar-refractivity contribution in [1.82, 2.24) is 15.3 Å². The highest BCUT2D eigenvalue weighted by Crippen LogP contribution is 2.02. The van der Waals surface area contributed by atoms with E-state index in [1.165, 1.54) is 11.8 Å². The van der Waals surface area contributed by atoms with Gasteiger partial charge in [-0.3, -0.25) is 14.4 Å². The molecule has 0 radical (unpaired) electrons. The minimum Gasteiger partial charge on any atom is -0.481 e. The van der Waals surface area contributed by atoms with Crippen LogP contribution in [0.4, 0.5) is 0 Å². The molecule has 0 unspecified atom stereocenters. The predicted molar refractivity (Wildman–Crippen MR) is 71.3 cm³/mol. The van der Waals surface area contributed by atoms with Gasteiger partial charge in [0.25, 0.3) is 11.5 Å². The molecule has 8 heteroatoms. The molecule has 19 heavy (non-hydrogen) atoms. The SMILES string of the molecule is CSCc1nc(C(=O)NCCCC(=O)O)cc(=O)[nH]1. The number of amides is 1. The van der Waals surface area contributed by atoms with Gasteiger partial charge in [0.1, 0.15) is 11.5 Å². The van der Waals surface area contributed by atoms with Gasteiger partial charge in [0.2, 0.25) is 0 Å². The van der Waals surface area contributed by atoms with Crippen LogP contribution in [0, 0.1) is 0 Å². The maximum absolute atomic E-state index is 11.7. The van der Waals surface area contributed by atoms with Crippen LogP contribution >= 0.6 is 11.8 Å². The van der Waals surface area contributed by atoms with Gasteiger partial charge in [0.15, 0.2) is 0 Å². The highest BCUT2D eigenvalue weighted by Gasteiger charge is 2.09. The minimum absolute atomic E-state index is 0.0131. The topological polar surface area (TPSA) is 112 Å². The van der Waals surface area contributed by atoms with Crippen LogP contribution in [0.5, 0.6) is 0 Å². The molecular weight excluding hydrogens is 270 g/mol. The minimum atomic E-state index is -0.911. The summed E-state index contributed by atoms with van der Waals surface area (Å²) >= 11 is 1.48. The molecule has 0 saturated carbocycles. The van der Waals surface area contributed by atoms with E-state index in [1.54, 1.807) is 0 Å². The standard InChI is InChI=1S/C11H15N3O4S/c1-19-6-8-13-7(5-9(15)14-8)11(18)12-4-2-3-10(16)17/h5H,2-4,6H2,1H3,(H,12,18)(H,16,17)(H,13,14,15). The van der Waals surface area contributed by atoms with Crippen LogP contribution in [0.3, 0.4) is 0 Å². The first-order chi connectivity index (χ1) is 9.02. The molecule has 0 saturated heterocycles. The fraction of sp³-hybridized carbons (Fsp3) is 0.455. The number of carboxylic acid groups (broad SMARTS) is 1. The number of carboxylic acids is 1. The Bertz CT molecular complexity index is 515. The lowest BCUT2D eigenvalue weighted by Crippen LogP contribution is -2.28. The van der Waals surface area contributed by atoms with Crippen LogP contribution in [-0.4, -0.2) is 39.8 Å². The van der Waals surface area contributed by atoms with Crippen LogP contribution in [-0.2, 0) is 10.5 Å². The number of hydrogen-bond acceptors (Lipinski definition) is 5. The second kappa shape index (κ2) is 7.57. The normalized spacial score (nSPS) is 10.2. The predicted octanol–water partition coefficient (Wildman–Crippen LogP) is 0.227. The number of aromatic amines is 1. The third-order valence-electron chi connectivity index (χ3n) is 2.16. The van der Waals surface area contributed by atoms with E-state index in [1.807, 2.05) is 6.26 Å². The number of aliphatic carboxylic acids is 1. The largest absolute Gasteiger partial charge is 0.481 e. The van der Waals surface area contributed by atoms with Crippen LogP contribution in [0.2, 0.25) is 0 Å². The molecule has 1 amide bonds. The average Bonchev–Trinajstić information content (AvgIpc) is 2.34. The summed E-state index contributed by atoms with van der Waals surface area (Å²) in [5.41, 5.74) is -0.335. The Labute approximate surface area is 113 Å². The highest BCUT2D eigenvalue weighted by atomic mass is 32.2. The molecule has 0 fully saturated rings. The number of carbonyl (C=O) groups excluding carboxylic acids is 1. The van der Waals surface area contributed by atoms with Gasteiger partial charge in [0, 0.05) is 19.0 Å². The van der Waals surface area contributed by atoms with E-state index in [4.69, 9.17) is 5.11 Å². The Morgan fingerprint density at radius 2 is 2.26 bits per heavy atom. The van der Waals surface area contributed by atoms with Crippen molar-refractivity contribution >= 4 is 23.6 Å². The first-order valence-electron chi connectivity index (χ1n) is 5.62. The summed E-state index contributed by atoms with van der Waals surface area (Å²) in [4.78, 5) is 39.9. The van der Waals surface area contributed by atoms with Gasteiger partial charge in [0.05, 0.1) is 5.75 Å². The molecule has 1 rings (SSSR count). The van der Waals surface area contributed by atoms with Crippen molar-refractivity contribution in [3.8, 4) is 0 Å². The molecule has 0 aliphatic heterocycles. The summed E-state index contributed by atoms with van der Waals surface area (Å²) in [6, 6.07) is 1.12. The summed E-state index contributed by atoms with van der Waals surface area (Å²) < 4.78 is 0. The second-order valence-electron chi connectivity index (χ2n) is 3.76. The molecule has 0 spiro atoms. The zero-order valence-electron chi connectivity index (χ0n) is 10.4. The number of rotatable bonds is 7. The van der Waals surface area contributed by atoms with E-state index in [-0.39, 0.29) is 24.2 Å². The Hall–Kier alpha value is -1.83. The van der Waals surface area contributed by atoms with E-state index in [2.05, 4.69) is 15.3 Å². The van der Waals surface area contributed by atoms with Crippen molar-refractivity contribution in [3.63, 3.8) is 0 Å². The number of hydrogen-bond donors (Lipinski definition) is 3. The molecule has 0 aliphatic rings. The van der Waals surface area contributed by atoms with E-state index in [0.717, 1.165) is 6.07 Å². The van der Waals surface area contributed by atoms with E-state index >= 15 is 0 Å². The lowest BCUT2D eigenvalue weighted by atomic mass is 10.3. The zero-order valence-corrected chi connectivity index (χ0v) is 11.2. The van der Waals surface area contributed by atoms with Gasteiger partial charge >= 0.3 is 5.97 Å². The number of thioether (sulfide) groups is 1.